The highest BCUT2D eigenvalue weighted by Gasteiger charge is 2.36. The molecule has 3 amide bonds. The fourth-order valence-corrected chi connectivity index (χ4v) is 5.85. The van der Waals surface area contributed by atoms with E-state index in [9.17, 15) is 14.4 Å². The van der Waals surface area contributed by atoms with E-state index in [-0.39, 0.29) is 11.7 Å². The fraction of sp³-hybridized carbons (Fsp3) is 0.360. The molecule has 0 saturated carbocycles. The van der Waals surface area contributed by atoms with Crippen LogP contribution >= 0.6 is 11.3 Å². The Labute approximate surface area is 217 Å². The molecule has 4 heterocycles. The highest BCUT2D eigenvalue weighted by atomic mass is 32.1. The average molecular weight is 522 g/mol. The molecule has 3 aliphatic rings. The van der Waals surface area contributed by atoms with Crippen LogP contribution in [0.5, 0.6) is 0 Å². The zero-order valence-electron chi connectivity index (χ0n) is 20.3. The summed E-state index contributed by atoms with van der Waals surface area (Å²) >= 11 is 1.35. The summed E-state index contributed by atoms with van der Waals surface area (Å²) in [4.78, 5) is 44.7. The number of morpholine rings is 1. The maximum atomic E-state index is 13.6. The lowest BCUT2D eigenvalue weighted by atomic mass is 10.1. The van der Waals surface area contributed by atoms with Gasteiger partial charge in [-0.2, -0.15) is 5.10 Å². The molecule has 2 aromatic heterocycles. The number of fused-ring (bicyclic) bond motifs is 3. The Morgan fingerprint density at radius 2 is 1.97 bits per heavy atom. The molecule has 2 aliphatic heterocycles. The number of aromatic nitrogens is 2. The number of nitrogens with one attached hydrogen (secondary N) is 4. The predicted octanol–water partition coefficient (Wildman–Crippen LogP) is 1.80. The number of piperazine rings is 1. The van der Waals surface area contributed by atoms with Crippen molar-refractivity contribution >= 4 is 34.7 Å². The summed E-state index contributed by atoms with van der Waals surface area (Å²) in [6.07, 6.45) is -0.440. The van der Waals surface area contributed by atoms with Gasteiger partial charge in [0.25, 0.3) is 5.91 Å². The standard InChI is InChI=1S/C25H27N7O4S/c1-31-8-10-32(11-9-31)24(34)17-6-5-16(37-17)22-20-21(29-30-22)14-3-2-4-15(19(14)23(20)33)27-25(35)28-18-13-26-7-12-36-18/h2-6,18,26H,7-13H2,1H3,(H,29,30)(H2,27,28,35). The number of anilines is 1. The molecular formula is C25H27N7O4S. The Kier molecular flexibility index (Phi) is 6.24. The van der Waals surface area contributed by atoms with Crippen LogP contribution in [0.3, 0.4) is 0 Å². The molecule has 11 nitrogen and oxygen atoms in total. The van der Waals surface area contributed by atoms with Crippen molar-refractivity contribution in [2.24, 2.45) is 0 Å². The normalized spacial score (nSPS) is 19.4. The van der Waals surface area contributed by atoms with Crippen LogP contribution in [0.4, 0.5) is 10.5 Å². The van der Waals surface area contributed by atoms with Crippen molar-refractivity contribution in [2.45, 2.75) is 6.23 Å². The van der Waals surface area contributed by atoms with E-state index in [0.717, 1.165) is 24.5 Å². The van der Waals surface area contributed by atoms with Gasteiger partial charge in [-0.05, 0) is 25.2 Å². The van der Waals surface area contributed by atoms with Crippen molar-refractivity contribution in [3.63, 3.8) is 0 Å². The first-order valence-corrected chi connectivity index (χ1v) is 13.1. The Balaban J connectivity index is 1.23. The van der Waals surface area contributed by atoms with Crippen LogP contribution < -0.4 is 16.0 Å². The van der Waals surface area contributed by atoms with E-state index in [1.807, 2.05) is 17.0 Å². The second-order valence-electron chi connectivity index (χ2n) is 9.30. The summed E-state index contributed by atoms with van der Waals surface area (Å²) < 4.78 is 5.52. The second-order valence-corrected chi connectivity index (χ2v) is 10.4. The Morgan fingerprint density at radius 3 is 2.76 bits per heavy atom. The van der Waals surface area contributed by atoms with E-state index in [0.29, 0.717) is 64.9 Å². The fourth-order valence-electron chi connectivity index (χ4n) is 4.88. The molecule has 12 heteroatoms. The Bertz CT molecular complexity index is 1370. The van der Waals surface area contributed by atoms with Crippen LogP contribution in [0, 0.1) is 0 Å². The third kappa shape index (κ3) is 4.42. The summed E-state index contributed by atoms with van der Waals surface area (Å²) in [7, 11) is 2.05. The zero-order valence-corrected chi connectivity index (χ0v) is 21.1. The van der Waals surface area contributed by atoms with Crippen LogP contribution in [0.1, 0.15) is 25.6 Å². The van der Waals surface area contributed by atoms with Gasteiger partial charge in [0, 0.05) is 44.8 Å². The lowest BCUT2D eigenvalue weighted by Crippen LogP contribution is -2.50. The molecular weight excluding hydrogens is 494 g/mol. The first-order chi connectivity index (χ1) is 18.0. The Hall–Kier alpha value is -3.58. The minimum Gasteiger partial charge on any atom is -0.356 e. The summed E-state index contributed by atoms with van der Waals surface area (Å²) in [5.41, 5.74) is 3.03. The molecule has 37 heavy (non-hydrogen) atoms. The van der Waals surface area contributed by atoms with Crippen LogP contribution in [0.25, 0.3) is 21.8 Å². The number of hydrogen-bond acceptors (Lipinski definition) is 8. The molecule has 192 valence electrons. The van der Waals surface area contributed by atoms with Crippen molar-refractivity contribution in [3.05, 3.63) is 46.3 Å². The zero-order chi connectivity index (χ0) is 25.5. The number of aromatic amines is 1. The maximum Gasteiger partial charge on any atom is 0.321 e. The van der Waals surface area contributed by atoms with Gasteiger partial charge in [-0.1, -0.05) is 12.1 Å². The third-order valence-corrected chi connectivity index (χ3v) is 7.95. The van der Waals surface area contributed by atoms with Crippen molar-refractivity contribution in [1.29, 1.82) is 0 Å². The first-order valence-electron chi connectivity index (χ1n) is 12.2. The van der Waals surface area contributed by atoms with E-state index >= 15 is 0 Å². The summed E-state index contributed by atoms with van der Waals surface area (Å²) in [5.74, 6) is -0.217. The predicted molar refractivity (Wildman–Crippen MR) is 139 cm³/mol. The molecule has 4 N–H and O–H groups in total. The smallest absolute Gasteiger partial charge is 0.321 e. The molecule has 1 atom stereocenters. The molecule has 0 spiro atoms. The van der Waals surface area contributed by atoms with E-state index in [1.165, 1.54) is 11.3 Å². The maximum absolute atomic E-state index is 13.6. The lowest BCUT2D eigenvalue weighted by molar-refractivity contribution is 0.0156. The summed E-state index contributed by atoms with van der Waals surface area (Å²) in [6.45, 7) is 4.86. The van der Waals surface area contributed by atoms with Crippen LogP contribution in [0.15, 0.2) is 30.3 Å². The molecule has 2 fully saturated rings. The minimum atomic E-state index is -0.452. The van der Waals surface area contributed by atoms with Crippen LogP contribution in [-0.4, -0.2) is 96.9 Å². The highest BCUT2D eigenvalue weighted by Crippen LogP contribution is 2.44. The van der Waals surface area contributed by atoms with E-state index < -0.39 is 12.3 Å². The minimum absolute atomic E-state index is 0.00441. The first kappa shape index (κ1) is 23.8. The molecule has 1 aromatic carbocycles. The van der Waals surface area contributed by atoms with Crippen LogP contribution in [0.2, 0.25) is 0 Å². The second kappa shape index (κ2) is 9.71. The number of carbonyl (C=O) groups excluding carboxylic acids is 3. The van der Waals surface area contributed by atoms with Crippen molar-refractivity contribution in [3.8, 4) is 21.8 Å². The quantitative estimate of drug-likeness (QED) is 0.322. The molecule has 0 radical (unpaired) electrons. The molecule has 2 saturated heterocycles. The van der Waals surface area contributed by atoms with E-state index in [4.69, 9.17) is 4.74 Å². The monoisotopic (exact) mass is 521 g/mol. The summed E-state index contributed by atoms with van der Waals surface area (Å²) in [5, 5.41) is 16.1. The lowest BCUT2D eigenvalue weighted by Gasteiger charge is -2.32. The number of ether oxygens (including phenoxy) is 1. The number of urea groups is 1. The number of hydrogen-bond donors (Lipinski definition) is 4. The van der Waals surface area contributed by atoms with Gasteiger partial charge in [0.05, 0.1) is 38.9 Å². The molecule has 6 rings (SSSR count). The van der Waals surface area contributed by atoms with Gasteiger partial charge in [-0.3, -0.25) is 14.7 Å². The molecule has 3 aromatic rings. The number of amides is 3. The van der Waals surface area contributed by atoms with E-state index in [1.54, 1.807) is 18.2 Å². The van der Waals surface area contributed by atoms with Gasteiger partial charge >= 0.3 is 6.03 Å². The number of ketones is 1. The van der Waals surface area contributed by atoms with Gasteiger partial charge in [-0.15, -0.1) is 11.3 Å². The summed E-state index contributed by atoms with van der Waals surface area (Å²) in [6, 6.07) is 8.50. The third-order valence-electron chi connectivity index (χ3n) is 6.86. The molecule has 1 aliphatic carbocycles. The van der Waals surface area contributed by atoms with Gasteiger partial charge in [0.1, 0.15) is 11.9 Å². The highest BCUT2D eigenvalue weighted by molar-refractivity contribution is 7.17. The van der Waals surface area contributed by atoms with Crippen molar-refractivity contribution < 1.29 is 19.1 Å². The number of carbonyl (C=O) groups is 3. The molecule has 1 unspecified atom stereocenters. The van der Waals surface area contributed by atoms with E-state index in [2.05, 4.69) is 38.1 Å². The number of thiophene rings is 1. The van der Waals surface area contributed by atoms with Gasteiger partial charge in [0.2, 0.25) is 0 Å². The topological polar surface area (TPSA) is 132 Å². The number of benzene rings is 1. The Morgan fingerprint density at radius 1 is 1.14 bits per heavy atom. The average Bonchev–Trinajstić information content (AvgIpc) is 3.62. The van der Waals surface area contributed by atoms with Crippen LogP contribution in [-0.2, 0) is 4.74 Å². The van der Waals surface area contributed by atoms with Gasteiger partial charge in [-0.25, -0.2) is 4.79 Å². The SMILES string of the molecule is CN1CCN(C(=O)c2ccc(-c3[nH]nc4c3C(=O)c3c(NC(=O)NC5CNCCO5)cccc3-4)s2)CC1. The number of likely N-dealkylation sites (N-methyl/N-ethyl adjacent to an activating group) is 1. The van der Waals surface area contributed by atoms with Crippen molar-refractivity contribution in [1.82, 2.24) is 30.6 Å². The largest absolute Gasteiger partial charge is 0.356 e. The molecule has 0 bridgehead atoms. The number of rotatable bonds is 4. The van der Waals surface area contributed by atoms with Gasteiger partial charge in [0.15, 0.2) is 5.78 Å². The number of H-pyrrole nitrogens is 1. The number of nitrogens with zero attached hydrogens (tertiary/aromatic N) is 3. The van der Waals surface area contributed by atoms with Gasteiger partial charge < -0.3 is 30.5 Å². The van der Waals surface area contributed by atoms with Crippen molar-refractivity contribution in [2.75, 3.05) is 58.2 Å².